The predicted octanol–water partition coefficient (Wildman–Crippen LogP) is 2.03. The van der Waals surface area contributed by atoms with Crippen molar-refractivity contribution < 1.29 is 13.2 Å². The largest absolute Gasteiger partial charge is 0.326 e. The zero-order valence-corrected chi connectivity index (χ0v) is 14.6. The third-order valence-corrected chi connectivity index (χ3v) is 5.86. The Kier molecular flexibility index (Phi) is 5.47. The zero-order valence-electron chi connectivity index (χ0n) is 13.7. The first kappa shape index (κ1) is 17.6. The maximum atomic E-state index is 12.2. The molecule has 2 aromatic carbocycles. The molecular weight excluding hydrogens is 338 g/mol. The SMILES string of the molecule is O=C(CCS(=O)(=O)c1ccccc1)Nc1ccc(C2CCNN2)cc1. The molecule has 132 valence electrons. The van der Waals surface area contributed by atoms with Gasteiger partial charge in [0.25, 0.3) is 0 Å². The summed E-state index contributed by atoms with van der Waals surface area (Å²) in [4.78, 5) is 12.3. The molecule has 0 aromatic heterocycles. The molecule has 1 fully saturated rings. The lowest BCUT2D eigenvalue weighted by Crippen LogP contribution is -2.24. The van der Waals surface area contributed by atoms with Gasteiger partial charge < -0.3 is 5.32 Å². The number of carbonyl (C=O) groups is 1. The van der Waals surface area contributed by atoms with E-state index in [2.05, 4.69) is 16.2 Å². The normalized spacial score (nSPS) is 17.4. The molecule has 0 spiro atoms. The molecule has 0 aliphatic carbocycles. The second kappa shape index (κ2) is 7.77. The Bertz CT molecular complexity index is 814. The van der Waals surface area contributed by atoms with Crippen molar-refractivity contribution in [2.45, 2.75) is 23.8 Å². The van der Waals surface area contributed by atoms with E-state index in [-0.39, 0.29) is 29.0 Å². The van der Waals surface area contributed by atoms with Crippen molar-refractivity contribution in [3.63, 3.8) is 0 Å². The molecular formula is C18H21N3O3S. The van der Waals surface area contributed by atoms with Gasteiger partial charge in [0.1, 0.15) is 0 Å². The van der Waals surface area contributed by atoms with Gasteiger partial charge in [0.2, 0.25) is 5.91 Å². The van der Waals surface area contributed by atoms with Crippen LogP contribution in [0.1, 0.15) is 24.4 Å². The Morgan fingerprint density at radius 1 is 1.08 bits per heavy atom. The molecule has 1 unspecified atom stereocenters. The van der Waals surface area contributed by atoms with Gasteiger partial charge in [-0.25, -0.2) is 8.42 Å². The van der Waals surface area contributed by atoms with E-state index in [0.29, 0.717) is 5.69 Å². The molecule has 1 aliphatic rings. The highest BCUT2D eigenvalue weighted by Gasteiger charge is 2.17. The first-order valence-corrected chi connectivity index (χ1v) is 9.86. The molecule has 0 saturated carbocycles. The Hall–Kier alpha value is -2.22. The van der Waals surface area contributed by atoms with E-state index in [4.69, 9.17) is 0 Å². The van der Waals surface area contributed by atoms with Gasteiger partial charge in [-0.05, 0) is 36.2 Å². The molecule has 0 radical (unpaired) electrons. The molecule has 1 amide bonds. The minimum atomic E-state index is -3.44. The summed E-state index contributed by atoms with van der Waals surface area (Å²) >= 11 is 0. The highest BCUT2D eigenvalue weighted by Crippen LogP contribution is 2.21. The first-order chi connectivity index (χ1) is 12.0. The molecule has 1 atom stereocenters. The first-order valence-electron chi connectivity index (χ1n) is 8.21. The van der Waals surface area contributed by atoms with Crippen molar-refractivity contribution in [1.29, 1.82) is 0 Å². The van der Waals surface area contributed by atoms with Crippen LogP contribution < -0.4 is 16.2 Å². The fourth-order valence-electron chi connectivity index (χ4n) is 2.73. The minimum Gasteiger partial charge on any atom is -0.326 e. The van der Waals surface area contributed by atoms with Crippen LogP contribution in [0.15, 0.2) is 59.5 Å². The summed E-state index contributed by atoms with van der Waals surface area (Å²) in [6.07, 6.45) is 0.941. The van der Waals surface area contributed by atoms with Crippen LogP contribution in [0.25, 0.3) is 0 Å². The number of sulfone groups is 1. The van der Waals surface area contributed by atoms with Crippen LogP contribution in [0.3, 0.4) is 0 Å². The van der Waals surface area contributed by atoms with Crippen LogP contribution >= 0.6 is 0 Å². The third kappa shape index (κ3) is 4.66. The van der Waals surface area contributed by atoms with Gasteiger partial charge in [-0.2, -0.15) is 0 Å². The average molecular weight is 359 g/mol. The molecule has 25 heavy (non-hydrogen) atoms. The summed E-state index contributed by atoms with van der Waals surface area (Å²) < 4.78 is 24.4. The van der Waals surface area contributed by atoms with E-state index in [1.54, 1.807) is 18.2 Å². The highest BCUT2D eigenvalue weighted by molar-refractivity contribution is 7.91. The van der Waals surface area contributed by atoms with E-state index in [1.165, 1.54) is 12.1 Å². The minimum absolute atomic E-state index is 0.0763. The van der Waals surface area contributed by atoms with Crippen LogP contribution in [-0.4, -0.2) is 26.6 Å². The lowest BCUT2D eigenvalue weighted by molar-refractivity contribution is -0.115. The van der Waals surface area contributed by atoms with E-state index in [1.807, 2.05) is 24.3 Å². The molecule has 1 aliphatic heterocycles. The molecule has 1 heterocycles. The van der Waals surface area contributed by atoms with Gasteiger partial charge in [0.05, 0.1) is 10.6 Å². The summed E-state index contributed by atoms with van der Waals surface area (Å²) in [6, 6.07) is 16.0. The number of amides is 1. The van der Waals surface area contributed by atoms with Gasteiger partial charge in [-0.3, -0.25) is 15.6 Å². The fourth-order valence-corrected chi connectivity index (χ4v) is 3.99. The lowest BCUT2D eigenvalue weighted by atomic mass is 10.1. The van der Waals surface area contributed by atoms with Crippen LogP contribution in [0.4, 0.5) is 5.69 Å². The number of hydrogen-bond donors (Lipinski definition) is 3. The number of benzene rings is 2. The van der Waals surface area contributed by atoms with Gasteiger partial charge in [-0.1, -0.05) is 30.3 Å². The van der Waals surface area contributed by atoms with Gasteiger partial charge >= 0.3 is 0 Å². The van der Waals surface area contributed by atoms with E-state index < -0.39 is 9.84 Å². The fraction of sp³-hybridized carbons (Fsp3) is 0.278. The summed E-state index contributed by atoms with van der Waals surface area (Å²) in [5, 5.41) is 2.74. The van der Waals surface area contributed by atoms with Crippen molar-refractivity contribution in [3.8, 4) is 0 Å². The molecule has 3 N–H and O–H groups in total. The Morgan fingerprint density at radius 3 is 2.44 bits per heavy atom. The monoisotopic (exact) mass is 359 g/mol. The predicted molar refractivity (Wildman–Crippen MR) is 96.7 cm³/mol. The second-order valence-electron chi connectivity index (χ2n) is 5.96. The van der Waals surface area contributed by atoms with Crippen molar-refractivity contribution in [1.82, 2.24) is 10.9 Å². The van der Waals surface area contributed by atoms with Crippen LogP contribution in [0, 0.1) is 0 Å². The van der Waals surface area contributed by atoms with E-state index in [9.17, 15) is 13.2 Å². The smallest absolute Gasteiger partial charge is 0.225 e. The van der Waals surface area contributed by atoms with Gasteiger partial charge in [0.15, 0.2) is 9.84 Å². The molecule has 1 saturated heterocycles. The van der Waals surface area contributed by atoms with E-state index in [0.717, 1.165) is 18.5 Å². The Balaban J connectivity index is 1.54. The third-order valence-electron chi connectivity index (χ3n) is 4.13. The topological polar surface area (TPSA) is 87.3 Å². The maximum Gasteiger partial charge on any atom is 0.225 e. The van der Waals surface area contributed by atoms with Crippen molar-refractivity contribution in [2.75, 3.05) is 17.6 Å². The summed E-state index contributed by atoms with van der Waals surface area (Å²) in [6.45, 7) is 0.930. The van der Waals surface area contributed by atoms with Gasteiger partial charge in [0, 0.05) is 24.7 Å². The molecule has 3 rings (SSSR count). The van der Waals surface area contributed by atoms with Crippen molar-refractivity contribution >= 4 is 21.4 Å². The summed E-state index contributed by atoms with van der Waals surface area (Å²) in [5.74, 6) is -0.522. The lowest BCUT2D eigenvalue weighted by Gasteiger charge is -2.11. The summed E-state index contributed by atoms with van der Waals surface area (Å²) in [7, 11) is -3.44. The number of nitrogens with one attached hydrogen (secondary N) is 3. The molecule has 0 bridgehead atoms. The molecule has 6 nitrogen and oxygen atoms in total. The highest BCUT2D eigenvalue weighted by atomic mass is 32.2. The molecule has 2 aromatic rings. The Morgan fingerprint density at radius 2 is 1.80 bits per heavy atom. The Labute approximate surface area is 147 Å². The summed E-state index contributed by atoms with van der Waals surface area (Å²) in [5.41, 5.74) is 8.08. The van der Waals surface area contributed by atoms with Crippen molar-refractivity contribution in [3.05, 3.63) is 60.2 Å². The molecule has 7 heteroatoms. The van der Waals surface area contributed by atoms with Crippen LogP contribution in [0.5, 0.6) is 0 Å². The number of carbonyl (C=O) groups excluding carboxylic acids is 1. The average Bonchev–Trinajstić information content (AvgIpc) is 3.16. The number of hydrazine groups is 1. The van der Waals surface area contributed by atoms with Crippen molar-refractivity contribution in [2.24, 2.45) is 0 Å². The number of hydrogen-bond acceptors (Lipinski definition) is 5. The quantitative estimate of drug-likeness (QED) is 0.735. The number of anilines is 1. The number of rotatable bonds is 6. The van der Waals surface area contributed by atoms with E-state index >= 15 is 0 Å². The standard InChI is InChI=1S/C18H21N3O3S/c22-18(11-13-25(23,24)16-4-2-1-3-5-16)20-15-8-6-14(7-9-15)17-10-12-19-21-17/h1-9,17,19,21H,10-13H2,(H,20,22). The van der Waals surface area contributed by atoms with Crippen LogP contribution in [0.2, 0.25) is 0 Å². The second-order valence-corrected chi connectivity index (χ2v) is 8.07. The maximum absolute atomic E-state index is 12.2. The van der Waals surface area contributed by atoms with Gasteiger partial charge in [-0.15, -0.1) is 0 Å². The van der Waals surface area contributed by atoms with Crippen LogP contribution in [-0.2, 0) is 14.6 Å². The zero-order chi connectivity index (χ0) is 17.7.